The maximum absolute atomic E-state index is 9.36. The average Bonchev–Trinajstić information content (AvgIpc) is 2.97. The van der Waals surface area contributed by atoms with Gasteiger partial charge >= 0.3 is 0 Å². The molecule has 21 heavy (non-hydrogen) atoms. The zero-order valence-corrected chi connectivity index (χ0v) is 11.5. The molecule has 0 bridgehead atoms. The Morgan fingerprint density at radius 3 is 2.62 bits per heavy atom. The number of hydrogen-bond donors (Lipinski definition) is 1. The first-order chi connectivity index (χ1) is 10.3. The number of nitrogens with zero attached hydrogens (tertiary/aromatic N) is 2. The molecular weight excluding hydrogens is 262 g/mol. The van der Waals surface area contributed by atoms with Gasteiger partial charge < -0.3 is 9.72 Å². The Morgan fingerprint density at radius 2 is 1.95 bits per heavy atom. The predicted molar refractivity (Wildman–Crippen MR) is 82.6 cm³/mol. The van der Waals surface area contributed by atoms with Crippen LogP contribution in [0.25, 0.3) is 22.7 Å². The lowest BCUT2D eigenvalue weighted by Crippen LogP contribution is -1.86. The predicted octanol–water partition coefficient (Wildman–Crippen LogP) is 3.64. The molecule has 4 nitrogen and oxygen atoms in total. The van der Waals surface area contributed by atoms with Crippen LogP contribution in [0.15, 0.2) is 48.5 Å². The van der Waals surface area contributed by atoms with Crippen molar-refractivity contribution in [3.63, 3.8) is 0 Å². The molecule has 1 aromatic heterocycles. The molecule has 0 aliphatic heterocycles. The Bertz CT molecular complexity index is 805. The quantitative estimate of drug-likeness (QED) is 0.742. The monoisotopic (exact) mass is 275 g/mol. The van der Waals surface area contributed by atoms with Crippen LogP contribution in [0.4, 0.5) is 0 Å². The first-order valence-corrected chi connectivity index (χ1v) is 6.51. The minimum atomic E-state index is 0.497. The van der Waals surface area contributed by atoms with Gasteiger partial charge in [-0.2, -0.15) is 5.26 Å². The number of nitrogens with one attached hydrogen (secondary N) is 1. The van der Waals surface area contributed by atoms with Gasteiger partial charge in [-0.3, -0.25) is 0 Å². The lowest BCUT2D eigenvalue weighted by molar-refractivity contribution is 0.415. The van der Waals surface area contributed by atoms with Crippen LogP contribution in [0.5, 0.6) is 5.75 Å². The van der Waals surface area contributed by atoms with Gasteiger partial charge in [-0.15, -0.1) is 0 Å². The molecule has 3 rings (SSSR count). The van der Waals surface area contributed by atoms with E-state index in [2.05, 4.69) is 16.0 Å². The number of rotatable bonds is 3. The van der Waals surface area contributed by atoms with Crippen LogP contribution in [0.1, 0.15) is 11.4 Å². The van der Waals surface area contributed by atoms with E-state index in [0.29, 0.717) is 11.4 Å². The maximum Gasteiger partial charge on any atom is 0.149 e. The van der Waals surface area contributed by atoms with Gasteiger partial charge in [0.05, 0.1) is 23.7 Å². The summed E-state index contributed by atoms with van der Waals surface area (Å²) < 4.78 is 5.12. The molecule has 0 aliphatic rings. The number of benzene rings is 2. The zero-order chi connectivity index (χ0) is 14.7. The van der Waals surface area contributed by atoms with Gasteiger partial charge in [0.1, 0.15) is 17.6 Å². The lowest BCUT2D eigenvalue weighted by atomic mass is 10.1. The molecule has 3 aromatic rings. The molecule has 0 unspecified atom stereocenters. The van der Waals surface area contributed by atoms with Crippen LogP contribution < -0.4 is 4.74 Å². The highest BCUT2D eigenvalue weighted by atomic mass is 16.5. The molecule has 4 heteroatoms. The molecule has 0 fully saturated rings. The summed E-state index contributed by atoms with van der Waals surface area (Å²) in [5.74, 6) is 1.36. The number of para-hydroxylation sites is 2. The van der Waals surface area contributed by atoms with Crippen molar-refractivity contribution in [3.05, 3.63) is 59.9 Å². The van der Waals surface area contributed by atoms with E-state index in [1.807, 2.05) is 48.5 Å². The lowest BCUT2D eigenvalue weighted by Gasteiger charge is -2.00. The summed E-state index contributed by atoms with van der Waals surface area (Å²) in [5, 5.41) is 9.36. The van der Waals surface area contributed by atoms with Crippen molar-refractivity contribution in [2.45, 2.75) is 0 Å². The van der Waals surface area contributed by atoms with Crippen molar-refractivity contribution in [1.82, 2.24) is 9.97 Å². The summed E-state index contributed by atoms with van der Waals surface area (Å²) in [5.41, 5.74) is 3.19. The number of aromatic nitrogens is 2. The van der Waals surface area contributed by atoms with Crippen LogP contribution in [0, 0.1) is 11.3 Å². The molecule has 1 heterocycles. The summed E-state index contributed by atoms with van der Waals surface area (Å²) in [6.07, 6.45) is 1.80. The molecule has 0 saturated carbocycles. The Labute approximate surface area is 122 Å². The molecule has 1 N–H and O–H groups in total. The fourth-order valence-corrected chi connectivity index (χ4v) is 2.10. The van der Waals surface area contributed by atoms with Crippen LogP contribution in [0.3, 0.4) is 0 Å². The van der Waals surface area contributed by atoms with Gasteiger partial charge in [-0.25, -0.2) is 4.98 Å². The van der Waals surface area contributed by atoms with E-state index in [4.69, 9.17) is 4.74 Å². The standard InChI is InChI=1S/C17H13N3O/c1-21-14-8-6-12(7-9-14)10-13(11-18)17-19-15-4-2-3-5-16(15)20-17/h2-10H,1H3,(H,19,20)/b13-10+. The number of nitriles is 1. The molecule has 0 amide bonds. The van der Waals surface area contributed by atoms with Crippen molar-refractivity contribution >= 4 is 22.7 Å². The highest BCUT2D eigenvalue weighted by molar-refractivity contribution is 5.90. The van der Waals surface area contributed by atoms with Gasteiger partial charge in [0.25, 0.3) is 0 Å². The van der Waals surface area contributed by atoms with Crippen molar-refractivity contribution in [1.29, 1.82) is 5.26 Å². The Morgan fingerprint density at radius 1 is 1.19 bits per heavy atom. The van der Waals surface area contributed by atoms with Gasteiger partial charge in [-0.05, 0) is 35.9 Å². The van der Waals surface area contributed by atoms with E-state index in [1.165, 1.54) is 0 Å². The Balaban J connectivity index is 2.00. The summed E-state index contributed by atoms with van der Waals surface area (Å²) in [7, 11) is 1.62. The molecule has 0 spiro atoms. The van der Waals surface area contributed by atoms with E-state index >= 15 is 0 Å². The van der Waals surface area contributed by atoms with Crippen LogP contribution in [0.2, 0.25) is 0 Å². The van der Waals surface area contributed by atoms with Gasteiger partial charge in [0, 0.05) is 0 Å². The van der Waals surface area contributed by atoms with E-state index in [1.54, 1.807) is 13.2 Å². The number of imidazole rings is 1. The Kier molecular flexibility index (Phi) is 3.40. The topological polar surface area (TPSA) is 61.7 Å². The third-order valence-corrected chi connectivity index (χ3v) is 3.19. The molecule has 0 atom stereocenters. The smallest absolute Gasteiger partial charge is 0.149 e. The third kappa shape index (κ3) is 2.63. The second-order valence-corrected chi connectivity index (χ2v) is 4.55. The first-order valence-electron chi connectivity index (χ1n) is 6.51. The van der Waals surface area contributed by atoms with Crippen LogP contribution in [-0.2, 0) is 0 Å². The summed E-state index contributed by atoms with van der Waals surface area (Å²) in [6.45, 7) is 0. The fraction of sp³-hybridized carbons (Fsp3) is 0.0588. The Hall–Kier alpha value is -3.06. The van der Waals surface area contributed by atoms with E-state index in [0.717, 1.165) is 22.3 Å². The summed E-state index contributed by atoms with van der Waals surface area (Å²) in [4.78, 5) is 7.61. The molecular formula is C17H13N3O. The SMILES string of the molecule is COc1ccc(/C=C(\C#N)c2nc3ccccc3[nH]2)cc1. The van der Waals surface area contributed by atoms with Gasteiger partial charge in [-0.1, -0.05) is 24.3 Å². The second-order valence-electron chi connectivity index (χ2n) is 4.55. The molecule has 0 radical (unpaired) electrons. The van der Waals surface area contributed by atoms with Crippen LogP contribution >= 0.6 is 0 Å². The molecule has 0 saturated heterocycles. The third-order valence-electron chi connectivity index (χ3n) is 3.19. The zero-order valence-electron chi connectivity index (χ0n) is 11.5. The molecule has 2 aromatic carbocycles. The number of allylic oxidation sites excluding steroid dienone is 1. The number of methoxy groups -OCH3 is 1. The number of hydrogen-bond acceptors (Lipinski definition) is 3. The highest BCUT2D eigenvalue weighted by Crippen LogP contribution is 2.20. The fourth-order valence-electron chi connectivity index (χ4n) is 2.10. The molecule has 102 valence electrons. The molecule has 0 aliphatic carbocycles. The van der Waals surface area contributed by atoms with Crippen molar-refractivity contribution in [2.75, 3.05) is 7.11 Å². The maximum atomic E-state index is 9.36. The van der Waals surface area contributed by atoms with Crippen molar-refractivity contribution in [3.8, 4) is 11.8 Å². The van der Waals surface area contributed by atoms with Crippen molar-refractivity contribution < 1.29 is 4.74 Å². The summed E-state index contributed by atoms with van der Waals surface area (Å²) >= 11 is 0. The van der Waals surface area contributed by atoms with E-state index in [9.17, 15) is 5.26 Å². The van der Waals surface area contributed by atoms with Crippen molar-refractivity contribution in [2.24, 2.45) is 0 Å². The number of fused-ring (bicyclic) bond motifs is 1. The minimum Gasteiger partial charge on any atom is -0.497 e. The number of H-pyrrole nitrogens is 1. The van der Waals surface area contributed by atoms with Crippen LogP contribution in [-0.4, -0.2) is 17.1 Å². The normalized spacial score (nSPS) is 11.3. The summed E-state index contributed by atoms with van der Waals surface area (Å²) in [6, 6.07) is 17.4. The minimum absolute atomic E-state index is 0.497. The number of aromatic amines is 1. The largest absolute Gasteiger partial charge is 0.497 e. The first kappa shape index (κ1) is 12.9. The van der Waals surface area contributed by atoms with Gasteiger partial charge in [0.2, 0.25) is 0 Å². The van der Waals surface area contributed by atoms with E-state index < -0.39 is 0 Å². The van der Waals surface area contributed by atoms with Gasteiger partial charge in [0.15, 0.2) is 0 Å². The highest BCUT2D eigenvalue weighted by Gasteiger charge is 2.07. The number of ether oxygens (including phenoxy) is 1. The average molecular weight is 275 g/mol. The second kappa shape index (κ2) is 5.51. The van der Waals surface area contributed by atoms with E-state index in [-0.39, 0.29) is 0 Å².